The lowest BCUT2D eigenvalue weighted by atomic mass is 10.2. The fourth-order valence-corrected chi connectivity index (χ4v) is 2.26. The molecule has 6 heteroatoms. The molecule has 108 valence electrons. The predicted octanol–water partition coefficient (Wildman–Crippen LogP) is 2.36. The highest BCUT2D eigenvalue weighted by Crippen LogP contribution is 2.18. The molecular weight excluding hydrogens is 266 g/mol. The lowest BCUT2D eigenvalue weighted by molar-refractivity contribution is 0.410. The Hall–Kier alpha value is -2.63. The van der Waals surface area contributed by atoms with E-state index in [1.54, 1.807) is 11.6 Å². The summed E-state index contributed by atoms with van der Waals surface area (Å²) in [6.45, 7) is 4.53. The summed E-state index contributed by atoms with van der Waals surface area (Å²) in [6, 6.07) is 9.84. The zero-order valence-electron chi connectivity index (χ0n) is 12.3. The smallest absolute Gasteiger partial charge is 0.254 e. The van der Waals surface area contributed by atoms with Crippen LogP contribution in [0.5, 0.6) is 5.75 Å². The summed E-state index contributed by atoms with van der Waals surface area (Å²) >= 11 is 0. The number of para-hydroxylation sites is 1. The first-order valence-electron chi connectivity index (χ1n) is 6.74. The van der Waals surface area contributed by atoms with Gasteiger partial charge in [0.15, 0.2) is 0 Å². The van der Waals surface area contributed by atoms with Crippen LogP contribution in [0.2, 0.25) is 0 Å². The second-order valence-corrected chi connectivity index (χ2v) is 4.85. The summed E-state index contributed by atoms with van der Waals surface area (Å²) in [4.78, 5) is 8.76. The minimum atomic E-state index is 0.558. The van der Waals surface area contributed by atoms with E-state index in [0.29, 0.717) is 18.3 Å². The molecule has 1 aromatic carbocycles. The van der Waals surface area contributed by atoms with Gasteiger partial charge < -0.3 is 10.1 Å². The van der Waals surface area contributed by atoms with E-state index in [2.05, 4.69) is 20.4 Å². The maximum Gasteiger partial charge on any atom is 0.254 e. The zero-order valence-corrected chi connectivity index (χ0v) is 12.3. The van der Waals surface area contributed by atoms with Gasteiger partial charge in [-0.2, -0.15) is 9.50 Å². The molecule has 0 atom stereocenters. The molecule has 2 heterocycles. The van der Waals surface area contributed by atoms with Crippen LogP contribution in [0.3, 0.4) is 0 Å². The molecule has 0 bridgehead atoms. The van der Waals surface area contributed by atoms with Crippen molar-refractivity contribution in [2.24, 2.45) is 0 Å². The standard InChI is InChI=1S/C15H17N5O/c1-10-8-11(2)20-15(17-10)18-14(19-20)16-9-12-6-4-5-7-13(12)21-3/h4-8H,9H2,1-3H3,(H,16,19). The number of fused-ring (bicyclic) bond motifs is 1. The Morgan fingerprint density at radius 3 is 2.81 bits per heavy atom. The normalized spacial score (nSPS) is 10.8. The van der Waals surface area contributed by atoms with E-state index >= 15 is 0 Å². The van der Waals surface area contributed by atoms with E-state index in [1.165, 1.54) is 0 Å². The van der Waals surface area contributed by atoms with Gasteiger partial charge in [-0.1, -0.05) is 18.2 Å². The molecule has 1 N–H and O–H groups in total. The van der Waals surface area contributed by atoms with Crippen molar-refractivity contribution in [2.45, 2.75) is 20.4 Å². The molecule has 0 fully saturated rings. The van der Waals surface area contributed by atoms with Crippen molar-refractivity contribution in [3.8, 4) is 5.75 Å². The van der Waals surface area contributed by atoms with E-state index in [0.717, 1.165) is 22.7 Å². The van der Waals surface area contributed by atoms with Gasteiger partial charge in [-0.15, -0.1) is 5.10 Å². The van der Waals surface area contributed by atoms with Crippen molar-refractivity contribution in [3.05, 3.63) is 47.3 Å². The maximum atomic E-state index is 5.33. The Balaban J connectivity index is 1.84. The predicted molar refractivity (Wildman–Crippen MR) is 80.6 cm³/mol. The third-order valence-corrected chi connectivity index (χ3v) is 3.25. The van der Waals surface area contributed by atoms with Gasteiger partial charge in [0.25, 0.3) is 5.78 Å². The van der Waals surface area contributed by atoms with Gasteiger partial charge in [0.05, 0.1) is 7.11 Å². The van der Waals surface area contributed by atoms with E-state index < -0.39 is 0 Å². The summed E-state index contributed by atoms with van der Waals surface area (Å²) in [5, 5.41) is 7.62. The molecule has 0 aliphatic rings. The van der Waals surface area contributed by atoms with Gasteiger partial charge in [0.2, 0.25) is 5.95 Å². The Labute approximate surface area is 122 Å². The number of hydrogen-bond donors (Lipinski definition) is 1. The first kappa shape index (κ1) is 13.4. The number of benzene rings is 1. The van der Waals surface area contributed by atoms with Crippen molar-refractivity contribution in [1.29, 1.82) is 0 Å². The molecule has 0 saturated heterocycles. The van der Waals surface area contributed by atoms with Gasteiger partial charge in [-0.05, 0) is 26.0 Å². The SMILES string of the molecule is COc1ccccc1CNc1nc2nc(C)cc(C)n2n1. The molecule has 6 nitrogen and oxygen atoms in total. The van der Waals surface area contributed by atoms with Gasteiger partial charge >= 0.3 is 0 Å². The van der Waals surface area contributed by atoms with Crippen LogP contribution in [0.25, 0.3) is 5.78 Å². The lowest BCUT2D eigenvalue weighted by Gasteiger charge is -2.07. The summed E-state index contributed by atoms with van der Waals surface area (Å²) in [5.74, 6) is 2.01. The van der Waals surface area contributed by atoms with Gasteiger partial charge in [-0.25, -0.2) is 4.98 Å². The molecule has 0 amide bonds. The highest BCUT2D eigenvalue weighted by Gasteiger charge is 2.08. The number of aromatic nitrogens is 4. The van der Waals surface area contributed by atoms with E-state index in [4.69, 9.17) is 4.74 Å². The zero-order chi connectivity index (χ0) is 14.8. The van der Waals surface area contributed by atoms with Crippen molar-refractivity contribution >= 4 is 11.7 Å². The summed E-state index contributed by atoms with van der Waals surface area (Å²) < 4.78 is 7.06. The molecular formula is C15H17N5O. The topological polar surface area (TPSA) is 64.3 Å². The van der Waals surface area contributed by atoms with Gasteiger partial charge in [-0.3, -0.25) is 0 Å². The fourth-order valence-electron chi connectivity index (χ4n) is 2.26. The largest absolute Gasteiger partial charge is 0.496 e. The Morgan fingerprint density at radius 1 is 1.19 bits per heavy atom. The Bertz CT molecular complexity index is 781. The van der Waals surface area contributed by atoms with Crippen LogP contribution < -0.4 is 10.1 Å². The molecule has 3 rings (SSSR count). The molecule has 21 heavy (non-hydrogen) atoms. The molecule has 0 aliphatic heterocycles. The number of nitrogens with zero attached hydrogens (tertiary/aromatic N) is 4. The van der Waals surface area contributed by atoms with Crippen LogP contribution in [-0.2, 0) is 6.54 Å². The second-order valence-electron chi connectivity index (χ2n) is 4.85. The number of methoxy groups -OCH3 is 1. The van der Waals surface area contributed by atoms with Crippen molar-refractivity contribution in [1.82, 2.24) is 19.6 Å². The highest BCUT2D eigenvalue weighted by molar-refractivity contribution is 5.41. The van der Waals surface area contributed by atoms with Gasteiger partial charge in [0.1, 0.15) is 5.75 Å². The van der Waals surface area contributed by atoms with Crippen molar-refractivity contribution in [2.75, 3.05) is 12.4 Å². The Morgan fingerprint density at radius 2 is 2.00 bits per heavy atom. The summed E-state index contributed by atoms with van der Waals surface area (Å²) in [6.07, 6.45) is 0. The summed E-state index contributed by atoms with van der Waals surface area (Å²) in [7, 11) is 1.66. The lowest BCUT2D eigenvalue weighted by Crippen LogP contribution is -2.03. The van der Waals surface area contributed by atoms with Gasteiger partial charge in [0, 0.05) is 23.5 Å². The first-order chi connectivity index (χ1) is 10.2. The quantitative estimate of drug-likeness (QED) is 0.796. The number of aryl methyl sites for hydroxylation is 2. The maximum absolute atomic E-state index is 5.33. The van der Waals surface area contributed by atoms with Crippen LogP contribution in [0.4, 0.5) is 5.95 Å². The molecule has 3 aromatic rings. The number of ether oxygens (including phenoxy) is 1. The minimum absolute atomic E-state index is 0.558. The molecule has 0 unspecified atom stereocenters. The summed E-state index contributed by atoms with van der Waals surface area (Å²) in [5.41, 5.74) is 3.00. The number of anilines is 1. The van der Waals surface area contributed by atoms with Crippen LogP contribution in [0.1, 0.15) is 17.0 Å². The van der Waals surface area contributed by atoms with Crippen LogP contribution in [0.15, 0.2) is 30.3 Å². The van der Waals surface area contributed by atoms with Crippen LogP contribution in [-0.4, -0.2) is 26.7 Å². The molecule has 0 aliphatic carbocycles. The van der Waals surface area contributed by atoms with Crippen molar-refractivity contribution < 1.29 is 4.74 Å². The monoisotopic (exact) mass is 283 g/mol. The third kappa shape index (κ3) is 2.65. The highest BCUT2D eigenvalue weighted by atomic mass is 16.5. The Kier molecular flexibility index (Phi) is 3.43. The molecule has 2 aromatic heterocycles. The number of rotatable bonds is 4. The van der Waals surface area contributed by atoms with Crippen LogP contribution in [0, 0.1) is 13.8 Å². The molecule has 0 saturated carbocycles. The third-order valence-electron chi connectivity index (χ3n) is 3.25. The molecule has 0 radical (unpaired) electrons. The molecule has 0 spiro atoms. The minimum Gasteiger partial charge on any atom is -0.496 e. The van der Waals surface area contributed by atoms with Crippen LogP contribution >= 0.6 is 0 Å². The van der Waals surface area contributed by atoms with E-state index in [-0.39, 0.29) is 0 Å². The van der Waals surface area contributed by atoms with E-state index in [1.807, 2.05) is 44.2 Å². The van der Waals surface area contributed by atoms with Crippen molar-refractivity contribution in [3.63, 3.8) is 0 Å². The average molecular weight is 283 g/mol. The first-order valence-corrected chi connectivity index (χ1v) is 6.74. The average Bonchev–Trinajstić information content (AvgIpc) is 2.88. The number of hydrogen-bond acceptors (Lipinski definition) is 5. The number of nitrogens with one attached hydrogen (secondary N) is 1. The second kappa shape index (κ2) is 5.40. The fraction of sp³-hybridized carbons (Fsp3) is 0.267. The van der Waals surface area contributed by atoms with E-state index in [9.17, 15) is 0 Å².